The molecule has 0 heterocycles. The van der Waals surface area contributed by atoms with E-state index in [4.69, 9.17) is 14.6 Å². The first-order valence-electron chi connectivity index (χ1n) is 5.84. The Morgan fingerprint density at radius 1 is 1.32 bits per heavy atom. The molecule has 0 amide bonds. The molecule has 0 saturated carbocycles. The number of rotatable bonds is 6. The average molecular weight is 270 g/mol. The second-order valence-corrected chi connectivity index (χ2v) is 3.93. The highest BCUT2D eigenvalue weighted by molar-refractivity contribution is 5.63. The number of phenols is 1. The van der Waals surface area contributed by atoms with Gasteiger partial charge < -0.3 is 24.4 Å². The van der Waals surface area contributed by atoms with Crippen molar-refractivity contribution in [2.75, 3.05) is 14.2 Å². The lowest BCUT2D eigenvalue weighted by Gasteiger charge is -2.31. The molecular weight excluding hydrogens is 252 g/mol. The van der Waals surface area contributed by atoms with Crippen LogP contribution in [-0.2, 0) is 15.3 Å². The predicted molar refractivity (Wildman–Crippen MR) is 67.4 cm³/mol. The van der Waals surface area contributed by atoms with Gasteiger partial charge >= 0.3 is 6.16 Å². The average Bonchev–Trinajstić information content (AvgIpc) is 2.38. The Bertz CT molecular complexity index is 439. The Hall–Kier alpha value is -1.79. The summed E-state index contributed by atoms with van der Waals surface area (Å²) in [7, 11) is 2.92. The largest absolute Gasteiger partial charge is 0.511 e. The van der Waals surface area contributed by atoms with Gasteiger partial charge in [0.1, 0.15) is 0 Å². The van der Waals surface area contributed by atoms with Crippen LogP contribution in [0.15, 0.2) is 18.2 Å². The third-order valence-electron chi connectivity index (χ3n) is 2.85. The molecule has 1 aromatic rings. The molecule has 0 unspecified atom stereocenters. The molecule has 19 heavy (non-hydrogen) atoms. The van der Waals surface area contributed by atoms with Crippen LogP contribution in [0.1, 0.15) is 25.3 Å². The standard InChI is InChI=1S/C13H18O6/c1-4-8-13(17-2,18-3)9-6-5-7-10(11(9)14)19-12(15)16/h5-7,14H,4,8H2,1-3H3,(H,15,16). The van der Waals surface area contributed by atoms with Gasteiger partial charge in [-0.1, -0.05) is 19.4 Å². The molecule has 1 rings (SSSR count). The molecule has 0 saturated heterocycles. The van der Waals surface area contributed by atoms with Crippen molar-refractivity contribution in [1.82, 2.24) is 0 Å². The van der Waals surface area contributed by atoms with E-state index in [0.29, 0.717) is 12.0 Å². The highest BCUT2D eigenvalue weighted by Crippen LogP contribution is 2.41. The number of para-hydroxylation sites is 1. The molecule has 0 radical (unpaired) electrons. The summed E-state index contributed by atoms with van der Waals surface area (Å²) < 4.78 is 15.2. The molecule has 0 atom stereocenters. The van der Waals surface area contributed by atoms with Gasteiger partial charge in [-0.2, -0.15) is 0 Å². The summed E-state index contributed by atoms with van der Waals surface area (Å²) in [5, 5.41) is 18.7. The van der Waals surface area contributed by atoms with Crippen LogP contribution in [0.3, 0.4) is 0 Å². The molecule has 6 heteroatoms. The maximum atomic E-state index is 10.6. The first-order valence-corrected chi connectivity index (χ1v) is 5.84. The van der Waals surface area contributed by atoms with E-state index in [1.54, 1.807) is 12.1 Å². The SMILES string of the molecule is CCCC(OC)(OC)c1cccc(OC(=O)O)c1O. The van der Waals surface area contributed by atoms with E-state index in [0.717, 1.165) is 6.42 Å². The first kappa shape index (κ1) is 15.3. The lowest BCUT2D eigenvalue weighted by Crippen LogP contribution is -2.30. The van der Waals surface area contributed by atoms with Crippen molar-refractivity contribution in [1.29, 1.82) is 0 Å². The molecule has 0 aromatic heterocycles. The smallest absolute Gasteiger partial charge is 0.504 e. The lowest BCUT2D eigenvalue weighted by atomic mass is 9.99. The highest BCUT2D eigenvalue weighted by atomic mass is 16.7. The van der Waals surface area contributed by atoms with Gasteiger partial charge in [-0.25, -0.2) is 4.79 Å². The van der Waals surface area contributed by atoms with Crippen molar-refractivity contribution < 1.29 is 29.2 Å². The molecule has 0 aliphatic heterocycles. The quantitative estimate of drug-likeness (QED) is 0.469. The zero-order valence-electron chi connectivity index (χ0n) is 11.2. The normalized spacial score (nSPS) is 11.3. The minimum Gasteiger partial charge on any atom is -0.504 e. The van der Waals surface area contributed by atoms with Crippen molar-refractivity contribution in [2.24, 2.45) is 0 Å². The zero-order valence-corrected chi connectivity index (χ0v) is 11.2. The summed E-state index contributed by atoms with van der Waals surface area (Å²) in [4.78, 5) is 10.6. The second kappa shape index (κ2) is 6.40. The number of ether oxygens (including phenoxy) is 3. The van der Waals surface area contributed by atoms with Gasteiger partial charge in [0.15, 0.2) is 17.3 Å². The van der Waals surface area contributed by atoms with Crippen molar-refractivity contribution in [3.63, 3.8) is 0 Å². The monoisotopic (exact) mass is 270 g/mol. The molecule has 6 nitrogen and oxygen atoms in total. The summed E-state index contributed by atoms with van der Waals surface area (Å²) in [5.41, 5.74) is 0.332. The Kier molecular flexibility index (Phi) is 5.14. The van der Waals surface area contributed by atoms with E-state index in [9.17, 15) is 9.90 Å². The highest BCUT2D eigenvalue weighted by Gasteiger charge is 2.35. The number of benzene rings is 1. The van der Waals surface area contributed by atoms with E-state index < -0.39 is 11.9 Å². The van der Waals surface area contributed by atoms with Crippen LogP contribution >= 0.6 is 0 Å². The number of methoxy groups -OCH3 is 2. The van der Waals surface area contributed by atoms with Crippen LogP contribution in [0.25, 0.3) is 0 Å². The number of hydrogen-bond acceptors (Lipinski definition) is 5. The number of carboxylic acid groups (broad SMARTS) is 1. The Labute approximate surface area is 111 Å². The van der Waals surface area contributed by atoms with Crippen LogP contribution in [0.5, 0.6) is 11.5 Å². The topological polar surface area (TPSA) is 85.2 Å². The number of phenolic OH excluding ortho intramolecular Hbond substituents is 1. The number of aromatic hydroxyl groups is 1. The summed E-state index contributed by atoms with van der Waals surface area (Å²) in [6, 6.07) is 4.53. The molecule has 0 fully saturated rings. The molecule has 1 aromatic carbocycles. The third kappa shape index (κ3) is 3.15. The molecule has 106 valence electrons. The van der Waals surface area contributed by atoms with Crippen LogP contribution in [0.2, 0.25) is 0 Å². The predicted octanol–water partition coefficient (Wildman–Crippen LogP) is 2.69. The van der Waals surface area contributed by atoms with Gasteiger partial charge in [-0.05, 0) is 12.1 Å². The van der Waals surface area contributed by atoms with Gasteiger partial charge in [-0.3, -0.25) is 0 Å². The third-order valence-corrected chi connectivity index (χ3v) is 2.85. The van der Waals surface area contributed by atoms with Gasteiger partial charge in [0, 0.05) is 20.6 Å². The van der Waals surface area contributed by atoms with Crippen molar-refractivity contribution in [3.8, 4) is 11.5 Å². The minimum atomic E-state index is -1.50. The lowest BCUT2D eigenvalue weighted by molar-refractivity contribution is -0.221. The molecular formula is C13H18O6. The Morgan fingerprint density at radius 2 is 1.95 bits per heavy atom. The molecule has 0 aliphatic rings. The fourth-order valence-electron chi connectivity index (χ4n) is 1.98. The van der Waals surface area contributed by atoms with E-state index >= 15 is 0 Å². The molecule has 0 spiro atoms. The molecule has 2 N–H and O–H groups in total. The maximum absolute atomic E-state index is 10.6. The van der Waals surface area contributed by atoms with Crippen molar-refractivity contribution in [2.45, 2.75) is 25.6 Å². The summed E-state index contributed by atoms with van der Waals surface area (Å²) in [6.07, 6.45) is -0.238. The second-order valence-electron chi connectivity index (χ2n) is 3.93. The van der Waals surface area contributed by atoms with Gasteiger partial charge in [-0.15, -0.1) is 0 Å². The van der Waals surface area contributed by atoms with Gasteiger partial charge in [0.25, 0.3) is 0 Å². The number of hydrogen-bond donors (Lipinski definition) is 2. The van der Waals surface area contributed by atoms with Crippen LogP contribution < -0.4 is 4.74 Å². The van der Waals surface area contributed by atoms with E-state index in [-0.39, 0.29) is 11.5 Å². The Morgan fingerprint density at radius 3 is 2.42 bits per heavy atom. The maximum Gasteiger partial charge on any atom is 0.511 e. The first-order chi connectivity index (χ1) is 9.00. The van der Waals surface area contributed by atoms with Crippen molar-refractivity contribution >= 4 is 6.16 Å². The number of carbonyl (C=O) groups is 1. The molecule has 0 aliphatic carbocycles. The molecule has 0 bridgehead atoms. The fourth-order valence-corrected chi connectivity index (χ4v) is 1.98. The van der Waals surface area contributed by atoms with Crippen LogP contribution in [0.4, 0.5) is 4.79 Å². The summed E-state index contributed by atoms with van der Waals surface area (Å²) in [5.74, 6) is -1.59. The van der Waals surface area contributed by atoms with E-state index in [1.165, 1.54) is 20.3 Å². The summed E-state index contributed by atoms with van der Waals surface area (Å²) in [6.45, 7) is 1.95. The van der Waals surface area contributed by atoms with Crippen LogP contribution in [-0.4, -0.2) is 30.6 Å². The zero-order chi connectivity index (χ0) is 14.5. The minimum absolute atomic E-state index is 0.153. The Balaban J connectivity index is 3.27. The summed E-state index contributed by atoms with van der Waals surface area (Å²) >= 11 is 0. The fraction of sp³-hybridized carbons (Fsp3) is 0.462. The van der Waals surface area contributed by atoms with Crippen molar-refractivity contribution in [3.05, 3.63) is 23.8 Å². The van der Waals surface area contributed by atoms with Gasteiger partial charge in [0.05, 0.1) is 5.56 Å². The van der Waals surface area contributed by atoms with Gasteiger partial charge in [0.2, 0.25) is 0 Å². The van der Waals surface area contributed by atoms with E-state index in [2.05, 4.69) is 4.74 Å². The van der Waals surface area contributed by atoms with Crippen LogP contribution in [0, 0.1) is 0 Å². The van der Waals surface area contributed by atoms with E-state index in [1.807, 2.05) is 6.92 Å².